The third-order valence-corrected chi connectivity index (χ3v) is 5.17. The molecule has 0 spiro atoms. The Bertz CT molecular complexity index is 515. The minimum atomic E-state index is -1.13. The van der Waals surface area contributed by atoms with E-state index in [2.05, 4.69) is 18.7 Å². The number of likely N-dealkylation sites (tertiary alicyclic amines) is 1. The van der Waals surface area contributed by atoms with Crippen LogP contribution in [0.5, 0.6) is 0 Å². The van der Waals surface area contributed by atoms with Gasteiger partial charge in [-0.1, -0.05) is 44.2 Å². The average molecular weight is 318 g/mol. The predicted octanol–water partition coefficient (Wildman–Crippen LogP) is 2.47. The van der Waals surface area contributed by atoms with Crippen molar-refractivity contribution in [1.29, 1.82) is 0 Å². The zero-order chi connectivity index (χ0) is 17.0. The third kappa shape index (κ3) is 4.33. The van der Waals surface area contributed by atoms with Gasteiger partial charge in [0.2, 0.25) is 5.91 Å². The second-order valence-electron chi connectivity index (χ2n) is 7.05. The highest BCUT2D eigenvalue weighted by atomic mass is 16.3. The van der Waals surface area contributed by atoms with E-state index in [-0.39, 0.29) is 18.4 Å². The zero-order valence-electron chi connectivity index (χ0n) is 14.8. The quantitative estimate of drug-likeness (QED) is 0.907. The molecular formula is C19H30N2O2. The first-order valence-corrected chi connectivity index (χ1v) is 8.61. The Morgan fingerprint density at radius 3 is 2.61 bits per heavy atom. The fourth-order valence-electron chi connectivity index (χ4n) is 3.59. The fraction of sp³-hybridized carbons (Fsp3) is 0.632. The van der Waals surface area contributed by atoms with Crippen LogP contribution in [-0.2, 0) is 10.4 Å². The van der Waals surface area contributed by atoms with Crippen molar-refractivity contribution in [2.45, 2.75) is 45.3 Å². The monoisotopic (exact) mass is 318 g/mol. The van der Waals surface area contributed by atoms with Crippen LogP contribution in [0.1, 0.15) is 39.2 Å². The molecule has 1 aliphatic heterocycles. The molecule has 1 fully saturated rings. The Labute approximate surface area is 140 Å². The molecule has 23 heavy (non-hydrogen) atoms. The Morgan fingerprint density at radius 2 is 2.04 bits per heavy atom. The van der Waals surface area contributed by atoms with E-state index < -0.39 is 5.60 Å². The Morgan fingerprint density at radius 1 is 1.39 bits per heavy atom. The van der Waals surface area contributed by atoms with Gasteiger partial charge in [-0.15, -0.1) is 0 Å². The summed E-state index contributed by atoms with van der Waals surface area (Å²) in [6.45, 7) is 9.26. The van der Waals surface area contributed by atoms with E-state index in [1.165, 1.54) is 0 Å². The van der Waals surface area contributed by atoms with E-state index >= 15 is 0 Å². The van der Waals surface area contributed by atoms with E-state index in [1.54, 1.807) is 6.92 Å². The van der Waals surface area contributed by atoms with Crippen molar-refractivity contribution in [2.75, 3.05) is 26.7 Å². The standard InChI is InChI=1S/C19H30N2O2/c1-5-21-12-11-17(15(2)14-21)20(4)18(22)13-19(3,23)16-9-7-6-8-10-16/h6-10,15,17,23H,5,11-14H2,1-4H3. The predicted molar refractivity (Wildman–Crippen MR) is 93.1 cm³/mol. The molecule has 1 aliphatic rings. The summed E-state index contributed by atoms with van der Waals surface area (Å²) in [5.74, 6) is 0.472. The van der Waals surface area contributed by atoms with Crippen molar-refractivity contribution in [3.8, 4) is 0 Å². The second-order valence-corrected chi connectivity index (χ2v) is 7.05. The molecule has 2 rings (SSSR count). The van der Waals surface area contributed by atoms with Gasteiger partial charge < -0.3 is 14.9 Å². The van der Waals surface area contributed by atoms with Crippen molar-refractivity contribution < 1.29 is 9.90 Å². The van der Waals surface area contributed by atoms with Gasteiger partial charge in [0.25, 0.3) is 0 Å². The van der Waals surface area contributed by atoms with Crippen LogP contribution in [0.25, 0.3) is 0 Å². The number of benzene rings is 1. The van der Waals surface area contributed by atoms with Gasteiger partial charge in [-0.05, 0) is 31.4 Å². The van der Waals surface area contributed by atoms with Crippen LogP contribution in [-0.4, -0.2) is 53.5 Å². The second kappa shape index (κ2) is 7.45. The summed E-state index contributed by atoms with van der Waals surface area (Å²) >= 11 is 0. The highest BCUT2D eigenvalue weighted by Gasteiger charge is 2.34. The summed E-state index contributed by atoms with van der Waals surface area (Å²) in [7, 11) is 1.88. The molecule has 128 valence electrons. The molecule has 1 heterocycles. The molecule has 1 aromatic rings. The van der Waals surface area contributed by atoms with Crippen LogP contribution < -0.4 is 0 Å². The van der Waals surface area contributed by atoms with Gasteiger partial charge in [0.15, 0.2) is 0 Å². The zero-order valence-corrected chi connectivity index (χ0v) is 14.8. The maximum absolute atomic E-state index is 12.7. The molecule has 1 aromatic carbocycles. The highest BCUT2D eigenvalue weighted by Crippen LogP contribution is 2.27. The third-order valence-electron chi connectivity index (χ3n) is 5.17. The van der Waals surface area contributed by atoms with Gasteiger partial charge in [0.05, 0.1) is 12.0 Å². The summed E-state index contributed by atoms with van der Waals surface area (Å²) in [4.78, 5) is 17.0. The maximum Gasteiger partial charge on any atom is 0.225 e. The van der Waals surface area contributed by atoms with Gasteiger partial charge in [0, 0.05) is 26.2 Å². The van der Waals surface area contributed by atoms with Crippen molar-refractivity contribution in [2.24, 2.45) is 5.92 Å². The van der Waals surface area contributed by atoms with E-state index in [1.807, 2.05) is 42.3 Å². The number of piperidine rings is 1. The largest absolute Gasteiger partial charge is 0.385 e. The summed E-state index contributed by atoms with van der Waals surface area (Å²) in [6, 6.07) is 9.69. The fourth-order valence-corrected chi connectivity index (χ4v) is 3.59. The minimum Gasteiger partial charge on any atom is -0.385 e. The number of carbonyl (C=O) groups is 1. The number of carbonyl (C=O) groups excluding carboxylic acids is 1. The van der Waals surface area contributed by atoms with E-state index in [9.17, 15) is 9.90 Å². The van der Waals surface area contributed by atoms with Gasteiger partial charge in [-0.25, -0.2) is 0 Å². The molecule has 1 saturated heterocycles. The minimum absolute atomic E-state index is 0.0145. The summed E-state index contributed by atoms with van der Waals surface area (Å²) in [6.07, 6.45) is 1.12. The average Bonchev–Trinajstić information content (AvgIpc) is 2.54. The van der Waals surface area contributed by atoms with Gasteiger partial charge in [0.1, 0.15) is 0 Å². The topological polar surface area (TPSA) is 43.8 Å². The molecule has 3 atom stereocenters. The maximum atomic E-state index is 12.7. The number of amides is 1. The summed E-state index contributed by atoms with van der Waals surface area (Å²) in [5.41, 5.74) is -0.337. The lowest BCUT2D eigenvalue weighted by atomic mass is 9.89. The van der Waals surface area contributed by atoms with Crippen molar-refractivity contribution in [1.82, 2.24) is 9.80 Å². The number of hydrogen-bond acceptors (Lipinski definition) is 3. The first kappa shape index (κ1) is 18.0. The Kier molecular flexibility index (Phi) is 5.82. The van der Waals surface area contributed by atoms with Gasteiger partial charge in [-0.3, -0.25) is 4.79 Å². The number of aliphatic hydroxyl groups is 1. The molecule has 1 N–H and O–H groups in total. The molecule has 3 unspecified atom stereocenters. The highest BCUT2D eigenvalue weighted by molar-refractivity contribution is 5.77. The molecule has 4 heteroatoms. The van der Waals surface area contributed by atoms with E-state index in [0.29, 0.717) is 5.92 Å². The molecule has 0 saturated carbocycles. The molecule has 4 nitrogen and oxygen atoms in total. The molecule has 0 bridgehead atoms. The normalized spacial score (nSPS) is 24.9. The van der Waals surface area contributed by atoms with Crippen LogP contribution in [0.3, 0.4) is 0 Å². The van der Waals surface area contributed by atoms with E-state index in [0.717, 1.165) is 31.6 Å². The summed E-state index contributed by atoms with van der Waals surface area (Å²) in [5, 5.41) is 10.7. The van der Waals surface area contributed by atoms with E-state index in [4.69, 9.17) is 0 Å². The van der Waals surface area contributed by atoms with Crippen LogP contribution in [0, 0.1) is 5.92 Å². The van der Waals surface area contributed by atoms with Gasteiger partial charge in [-0.2, -0.15) is 0 Å². The number of hydrogen-bond donors (Lipinski definition) is 1. The van der Waals surface area contributed by atoms with Crippen LogP contribution in [0.2, 0.25) is 0 Å². The van der Waals surface area contributed by atoms with Crippen molar-refractivity contribution >= 4 is 5.91 Å². The van der Waals surface area contributed by atoms with Crippen molar-refractivity contribution in [3.63, 3.8) is 0 Å². The molecule has 0 radical (unpaired) electrons. The smallest absolute Gasteiger partial charge is 0.225 e. The number of nitrogens with zero attached hydrogens (tertiary/aromatic N) is 2. The lowest BCUT2D eigenvalue weighted by Crippen LogP contribution is -2.51. The summed E-state index contributed by atoms with van der Waals surface area (Å²) < 4.78 is 0. The molecule has 0 aromatic heterocycles. The Balaban J connectivity index is 2.00. The molecular weight excluding hydrogens is 288 g/mol. The van der Waals surface area contributed by atoms with Crippen LogP contribution in [0.4, 0.5) is 0 Å². The first-order valence-electron chi connectivity index (χ1n) is 8.61. The SMILES string of the molecule is CCN1CCC(N(C)C(=O)CC(C)(O)c2ccccc2)C(C)C1. The van der Waals surface area contributed by atoms with Crippen LogP contribution in [0.15, 0.2) is 30.3 Å². The first-order chi connectivity index (χ1) is 10.8. The lowest BCUT2D eigenvalue weighted by Gasteiger charge is -2.41. The van der Waals surface area contributed by atoms with Crippen molar-refractivity contribution in [3.05, 3.63) is 35.9 Å². The van der Waals surface area contributed by atoms with Gasteiger partial charge >= 0.3 is 0 Å². The van der Waals surface area contributed by atoms with Crippen LogP contribution >= 0.6 is 0 Å². The lowest BCUT2D eigenvalue weighted by molar-refractivity contribution is -0.139. The molecule has 0 aliphatic carbocycles. The number of rotatable bonds is 5. The Hall–Kier alpha value is -1.39. The molecule has 1 amide bonds.